The van der Waals surface area contributed by atoms with E-state index in [1.54, 1.807) is 0 Å². The molecule has 5 rings (SSSR count). The Labute approximate surface area is 141 Å². The van der Waals surface area contributed by atoms with Gasteiger partial charge in [0, 0.05) is 35.8 Å². The molecule has 3 heterocycles. The molecule has 0 spiro atoms. The average molecular weight is 319 g/mol. The van der Waals surface area contributed by atoms with E-state index in [9.17, 15) is 0 Å². The third-order valence-corrected chi connectivity index (χ3v) is 5.38. The molecule has 0 amide bonds. The van der Waals surface area contributed by atoms with Gasteiger partial charge in [-0.25, -0.2) is 4.98 Å². The Morgan fingerprint density at radius 1 is 1.04 bits per heavy atom. The number of aromatic nitrogens is 3. The summed E-state index contributed by atoms with van der Waals surface area (Å²) >= 11 is 0. The van der Waals surface area contributed by atoms with Gasteiger partial charge in [-0.3, -0.25) is 4.98 Å². The molecule has 24 heavy (non-hydrogen) atoms. The van der Waals surface area contributed by atoms with Crippen molar-refractivity contribution in [3.8, 4) is 0 Å². The number of para-hydroxylation sites is 1. The van der Waals surface area contributed by atoms with Gasteiger partial charge in [0.05, 0.1) is 24.8 Å². The Balaban J connectivity index is 1.46. The number of ether oxygens (including phenoxy) is 1. The van der Waals surface area contributed by atoms with E-state index in [0.717, 1.165) is 25.2 Å². The standard InChI is InChI=1S/C20H21N3O/c1-2-4-18-17(3-1)15(7-8-21-18)11-16-12-24-13-19(16)23-10-9-22-20(23)14-5-6-14/h1-4,7-10,14,16,19H,5-6,11-13H2/t16-,19+/m0/s1. The van der Waals surface area contributed by atoms with Crippen LogP contribution in [0.4, 0.5) is 0 Å². The second-order valence-electron chi connectivity index (χ2n) is 7.02. The Bertz CT molecular complexity index is 863. The highest BCUT2D eigenvalue weighted by Crippen LogP contribution is 2.41. The fourth-order valence-electron chi connectivity index (χ4n) is 3.97. The van der Waals surface area contributed by atoms with Crippen molar-refractivity contribution in [2.45, 2.75) is 31.2 Å². The lowest BCUT2D eigenvalue weighted by Gasteiger charge is -2.21. The van der Waals surface area contributed by atoms with E-state index in [1.165, 1.54) is 29.6 Å². The predicted octanol–water partition coefficient (Wildman–Crippen LogP) is 3.74. The lowest BCUT2D eigenvalue weighted by Crippen LogP contribution is -2.21. The van der Waals surface area contributed by atoms with E-state index >= 15 is 0 Å². The monoisotopic (exact) mass is 319 g/mol. The molecule has 2 atom stereocenters. The molecule has 2 aromatic heterocycles. The summed E-state index contributed by atoms with van der Waals surface area (Å²) in [7, 11) is 0. The maximum Gasteiger partial charge on any atom is 0.112 e. The maximum atomic E-state index is 5.87. The van der Waals surface area contributed by atoms with Gasteiger partial charge < -0.3 is 9.30 Å². The zero-order chi connectivity index (χ0) is 15.9. The van der Waals surface area contributed by atoms with Crippen LogP contribution >= 0.6 is 0 Å². The summed E-state index contributed by atoms with van der Waals surface area (Å²) in [6, 6.07) is 11.0. The molecule has 122 valence electrons. The predicted molar refractivity (Wildman–Crippen MR) is 93.0 cm³/mol. The fourth-order valence-corrected chi connectivity index (χ4v) is 3.97. The highest BCUT2D eigenvalue weighted by atomic mass is 16.5. The van der Waals surface area contributed by atoms with Crippen LogP contribution in [-0.2, 0) is 11.2 Å². The van der Waals surface area contributed by atoms with E-state index in [2.05, 4.69) is 45.0 Å². The highest BCUT2D eigenvalue weighted by molar-refractivity contribution is 5.81. The second-order valence-corrected chi connectivity index (χ2v) is 7.02. The number of pyridine rings is 1. The van der Waals surface area contributed by atoms with Gasteiger partial charge in [-0.15, -0.1) is 0 Å². The summed E-state index contributed by atoms with van der Waals surface area (Å²) in [5, 5.41) is 1.26. The van der Waals surface area contributed by atoms with Gasteiger partial charge in [-0.2, -0.15) is 0 Å². The zero-order valence-electron chi connectivity index (χ0n) is 13.6. The van der Waals surface area contributed by atoms with Gasteiger partial charge in [0.2, 0.25) is 0 Å². The topological polar surface area (TPSA) is 39.9 Å². The van der Waals surface area contributed by atoms with E-state index in [-0.39, 0.29) is 0 Å². The summed E-state index contributed by atoms with van der Waals surface area (Å²) in [5.74, 6) is 2.42. The first-order valence-corrected chi connectivity index (χ1v) is 8.83. The van der Waals surface area contributed by atoms with E-state index in [4.69, 9.17) is 4.74 Å². The van der Waals surface area contributed by atoms with Crippen molar-refractivity contribution >= 4 is 10.9 Å². The quantitative estimate of drug-likeness (QED) is 0.735. The van der Waals surface area contributed by atoms with E-state index < -0.39 is 0 Å². The number of hydrogen-bond acceptors (Lipinski definition) is 3. The van der Waals surface area contributed by atoms with Crippen LogP contribution in [0.15, 0.2) is 48.9 Å². The molecule has 1 aromatic carbocycles. The Morgan fingerprint density at radius 3 is 2.88 bits per heavy atom. The number of fused-ring (bicyclic) bond motifs is 1. The summed E-state index contributed by atoms with van der Waals surface area (Å²) in [5.41, 5.74) is 2.45. The van der Waals surface area contributed by atoms with Crippen LogP contribution in [0.5, 0.6) is 0 Å². The number of rotatable bonds is 4. The Hall–Kier alpha value is -2.20. The zero-order valence-corrected chi connectivity index (χ0v) is 13.6. The van der Waals surface area contributed by atoms with Crippen LogP contribution in [0.1, 0.15) is 36.2 Å². The van der Waals surface area contributed by atoms with Gasteiger partial charge in [-0.1, -0.05) is 18.2 Å². The third kappa shape index (κ3) is 2.42. The minimum Gasteiger partial charge on any atom is -0.379 e. The number of imidazole rings is 1. The molecule has 2 aliphatic rings. The molecule has 4 nitrogen and oxygen atoms in total. The minimum atomic E-state index is 0.398. The maximum absolute atomic E-state index is 5.87. The molecule has 0 radical (unpaired) electrons. The largest absolute Gasteiger partial charge is 0.379 e. The van der Waals surface area contributed by atoms with Crippen molar-refractivity contribution in [3.05, 3.63) is 60.3 Å². The SMILES string of the molecule is c1ccc2c(C[C@H]3COC[C@H]3n3ccnc3C3CC3)ccnc2c1. The van der Waals surface area contributed by atoms with Crippen LogP contribution in [0.2, 0.25) is 0 Å². The summed E-state index contributed by atoms with van der Waals surface area (Å²) in [6.45, 7) is 1.62. The van der Waals surface area contributed by atoms with Crippen LogP contribution in [0.3, 0.4) is 0 Å². The number of hydrogen-bond donors (Lipinski definition) is 0. The fraction of sp³-hybridized carbons (Fsp3) is 0.400. The normalized spacial score (nSPS) is 23.8. The number of benzene rings is 1. The summed E-state index contributed by atoms with van der Waals surface area (Å²) in [4.78, 5) is 9.10. The average Bonchev–Trinajstić information content (AvgIpc) is 3.17. The van der Waals surface area contributed by atoms with Crippen molar-refractivity contribution in [3.63, 3.8) is 0 Å². The van der Waals surface area contributed by atoms with Gasteiger partial charge in [-0.05, 0) is 37.0 Å². The molecule has 0 N–H and O–H groups in total. The summed E-state index contributed by atoms with van der Waals surface area (Å²) in [6.07, 6.45) is 9.61. The molecule has 2 fully saturated rings. The van der Waals surface area contributed by atoms with E-state index in [0.29, 0.717) is 17.9 Å². The van der Waals surface area contributed by atoms with Crippen molar-refractivity contribution in [2.75, 3.05) is 13.2 Å². The van der Waals surface area contributed by atoms with Gasteiger partial charge in [0.1, 0.15) is 5.82 Å². The second kappa shape index (κ2) is 5.71. The smallest absolute Gasteiger partial charge is 0.112 e. The van der Waals surface area contributed by atoms with Crippen LogP contribution in [0.25, 0.3) is 10.9 Å². The molecule has 1 aliphatic carbocycles. The van der Waals surface area contributed by atoms with Crippen molar-refractivity contribution in [1.82, 2.24) is 14.5 Å². The first-order chi connectivity index (χ1) is 11.9. The first-order valence-electron chi connectivity index (χ1n) is 8.83. The van der Waals surface area contributed by atoms with Crippen molar-refractivity contribution in [2.24, 2.45) is 5.92 Å². The Kier molecular flexibility index (Phi) is 3.37. The van der Waals surface area contributed by atoms with Gasteiger partial charge >= 0.3 is 0 Å². The lowest BCUT2D eigenvalue weighted by atomic mass is 9.93. The van der Waals surface area contributed by atoms with Gasteiger partial charge in [0.15, 0.2) is 0 Å². The molecular weight excluding hydrogens is 298 g/mol. The molecule has 0 unspecified atom stereocenters. The van der Waals surface area contributed by atoms with Crippen LogP contribution < -0.4 is 0 Å². The van der Waals surface area contributed by atoms with Gasteiger partial charge in [0.25, 0.3) is 0 Å². The highest BCUT2D eigenvalue weighted by Gasteiger charge is 2.35. The van der Waals surface area contributed by atoms with Crippen molar-refractivity contribution < 1.29 is 4.74 Å². The van der Waals surface area contributed by atoms with E-state index in [1.807, 2.05) is 18.5 Å². The molecule has 1 aliphatic heterocycles. The van der Waals surface area contributed by atoms with Crippen LogP contribution in [0, 0.1) is 5.92 Å². The lowest BCUT2D eigenvalue weighted by molar-refractivity contribution is 0.180. The molecule has 0 bridgehead atoms. The summed E-state index contributed by atoms with van der Waals surface area (Å²) < 4.78 is 8.26. The molecule has 4 heteroatoms. The number of nitrogens with zero attached hydrogens (tertiary/aromatic N) is 3. The molecule has 1 saturated carbocycles. The molecule has 1 saturated heterocycles. The molecular formula is C20H21N3O. The Morgan fingerprint density at radius 2 is 1.96 bits per heavy atom. The third-order valence-electron chi connectivity index (χ3n) is 5.38. The first kappa shape index (κ1) is 14.2. The minimum absolute atomic E-state index is 0.398. The molecule has 3 aromatic rings. The van der Waals surface area contributed by atoms with Crippen molar-refractivity contribution in [1.29, 1.82) is 0 Å². The van der Waals surface area contributed by atoms with Crippen LogP contribution in [-0.4, -0.2) is 27.7 Å².